The second-order valence-corrected chi connectivity index (χ2v) is 6.82. The smallest absolute Gasteiger partial charge is 0.233 e. The number of carbonyl (C=O) groups excluding carboxylic acids is 1. The van der Waals surface area contributed by atoms with Gasteiger partial charge in [-0.1, -0.05) is 55.4 Å². The molecule has 5 heteroatoms. The lowest BCUT2D eigenvalue weighted by Crippen LogP contribution is -2.34. The number of imidazole rings is 1. The Labute approximate surface area is 142 Å². The summed E-state index contributed by atoms with van der Waals surface area (Å²) in [6, 6.07) is 10.2. The van der Waals surface area contributed by atoms with Gasteiger partial charge in [-0.2, -0.15) is 0 Å². The Morgan fingerprint density at radius 1 is 1.30 bits per heavy atom. The van der Waals surface area contributed by atoms with E-state index in [4.69, 9.17) is 0 Å². The van der Waals surface area contributed by atoms with E-state index >= 15 is 0 Å². The molecule has 0 aliphatic heterocycles. The lowest BCUT2D eigenvalue weighted by Gasteiger charge is -2.21. The standard InChI is InChI=1S/C18H25N3OS/c1-4-9-16(15-10-7-6-8-11-15)20-17(22)14(3)23-18-19-12-13-21(18)5-2/h6-8,10-14,16H,4-5,9H2,1-3H3,(H,20,22)/t14-,16+/m0/s1. The molecule has 0 saturated heterocycles. The van der Waals surface area contributed by atoms with E-state index in [9.17, 15) is 4.79 Å². The number of aryl methyl sites for hydroxylation is 1. The number of hydrogen-bond acceptors (Lipinski definition) is 3. The zero-order valence-corrected chi connectivity index (χ0v) is 14.8. The number of benzene rings is 1. The third-order valence-corrected chi connectivity index (χ3v) is 4.88. The summed E-state index contributed by atoms with van der Waals surface area (Å²) in [7, 11) is 0. The van der Waals surface area contributed by atoms with Crippen LogP contribution in [0.25, 0.3) is 0 Å². The van der Waals surface area contributed by atoms with E-state index in [1.54, 1.807) is 6.20 Å². The van der Waals surface area contributed by atoms with Gasteiger partial charge in [0.1, 0.15) is 0 Å². The molecule has 2 rings (SSSR count). The zero-order valence-electron chi connectivity index (χ0n) is 14.0. The maximum Gasteiger partial charge on any atom is 0.233 e. The molecule has 4 nitrogen and oxygen atoms in total. The Kier molecular flexibility index (Phi) is 6.71. The Bertz CT molecular complexity index is 612. The second kappa shape index (κ2) is 8.77. The average Bonchev–Trinajstić information content (AvgIpc) is 3.02. The molecule has 0 radical (unpaired) electrons. The van der Waals surface area contributed by atoms with Crippen molar-refractivity contribution in [1.82, 2.24) is 14.9 Å². The summed E-state index contributed by atoms with van der Waals surface area (Å²) in [6.45, 7) is 7.00. The summed E-state index contributed by atoms with van der Waals surface area (Å²) in [5.74, 6) is 0.0583. The number of hydrogen-bond donors (Lipinski definition) is 1. The van der Waals surface area contributed by atoms with E-state index in [0.717, 1.165) is 30.1 Å². The molecule has 1 N–H and O–H groups in total. The summed E-state index contributed by atoms with van der Waals surface area (Å²) in [4.78, 5) is 16.9. The Morgan fingerprint density at radius 2 is 2.04 bits per heavy atom. The van der Waals surface area contributed by atoms with E-state index in [-0.39, 0.29) is 17.2 Å². The Balaban J connectivity index is 2.00. The SMILES string of the molecule is CCC[C@@H](NC(=O)[C@H](C)Sc1nccn1CC)c1ccccc1. The molecule has 0 fully saturated rings. The van der Waals surface area contributed by atoms with Crippen molar-refractivity contribution in [2.45, 2.75) is 56.6 Å². The third-order valence-electron chi connectivity index (χ3n) is 3.77. The molecule has 0 unspecified atom stereocenters. The molecule has 0 spiro atoms. The summed E-state index contributed by atoms with van der Waals surface area (Å²) >= 11 is 1.50. The minimum atomic E-state index is -0.175. The van der Waals surface area contributed by atoms with Gasteiger partial charge in [0.2, 0.25) is 5.91 Å². The monoisotopic (exact) mass is 331 g/mol. The molecule has 2 atom stereocenters. The first-order chi connectivity index (χ1) is 11.2. The van der Waals surface area contributed by atoms with Crippen molar-refractivity contribution in [2.24, 2.45) is 0 Å². The average molecular weight is 331 g/mol. The Morgan fingerprint density at radius 3 is 2.70 bits per heavy atom. The summed E-state index contributed by atoms with van der Waals surface area (Å²) in [5, 5.41) is 3.90. The first-order valence-corrected chi connectivity index (χ1v) is 9.06. The van der Waals surface area contributed by atoms with Gasteiger partial charge in [-0.3, -0.25) is 4.79 Å². The van der Waals surface area contributed by atoms with Crippen LogP contribution in [0.3, 0.4) is 0 Å². The molecular formula is C18H25N3OS. The van der Waals surface area contributed by atoms with Crippen LogP contribution in [0.15, 0.2) is 47.9 Å². The van der Waals surface area contributed by atoms with Crippen LogP contribution in [-0.2, 0) is 11.3 Å². The number of nitrogens with one attached hydrogen (secondary N) is 1. The topological polar surface area (TPSA) is 46.9 Å². The van der Waals surface area contributed by atoms with Crippen LogP contribution in [0.1, 0.15) is 45.2 Å². The zero-order chi connectivity index (χ0) is 16.7. The number of nitrogens with zero attached hydrogens (tertiary/aromatic N) is 2. The van der Waals surface area contributed by atoms with Crippen molar-refractivity contribution in [3.8, 4) is 0 Å². The number of thioether (sulfide) groups is 1. The fourth-order valence-corrected chi connectivity index (χ4v) is 3.39. The van der Waals surface area contributed by atoms with Gasteiger partial charge in [0, 0.05) is 18.9 Å². The van der Waals surface area contributed by atoms with Crippen LogP contribution in [0.2, 0.25) is 0 Å². The van der Waals surface area contributed by atoms with E-state index in [0.29, 0.717) is 0 Å². The molecule has 0 aliphatic carbocycles. The van der Waals surface area contributed by atoms with Crippen molar-refractivity contribution >= 4 is 17.7 Å². The van der Waals surface area contributed by atoms with Gasteiger partial charge in [-0.05, 0) is 25.8 Å². The van der Waals surface area contributed by atoms with Crippen LogP contribution in [0.5, 0.6) is 0 Å². The van der Waals surface area contributed by atoms with Gasteiger partial charge < -0.3 is 9.88 Å². The van der Waals surface area contributed by atoms with Gasteiger partial charge >= 0.3 is 0 Å². The lowest BCUT2D eigenvalue weighted by atomic mass is 10.0. The fraction of sp³-hybridized carbons (Fsp3) is 0.444. The summed E-state index contributed by atoms with van der Waals surface area (Å²) in [6.07, 6.45) is 5.69. The first kappa shape index (κ1) is 17.6. The normalized spacial score (nSPS) is 13.5. The molecule has 0 saturated carbocycles. The highest BCUT2D eigenvalue weighted by molar-refractivity contribution is 8.00. The van der Waals surface area contributed by atoms with Crippen molar-refractivity contribution < 1.29 is 4.79 Å². The van der Waals surface area contributed by atoms with E-state index in [2.05, 4.69) is 40.8 Å². The predicted molar refractivity (Wildman–Crippen MR) is 95.5 cm³/mol. The van der Waals surface area contributed by atoms with E-state index in [1.807, 2.05) is 31.3 Å². The highest BCUT2D eigenvalue weighted by Gasteiger charge is 2.20. The minimum absolute atomic E-state index is 0.0583. The van der Waals surface area contributed by atoms with Crippen LogP contribution in [0, 0.1) is 0 Å². The molecule has 2 aromatic rings. The van der Waals surface area contributed by atoms with Crippen molar-refractivity contribution in [2.75, 3.05) is 0 Å². The Hall–Kier alpha value is -1.75. The van der Waals surface area contributed by atoms with Crippen molar-refractivity contribution in [3.63, 3.8) is 0 Å². The summed E-state index contributed by atoms with van der Waals surface area (Å²) < 4.78 is 2.05. The maximum atomic E-state index is 12.6. The van der Waals surface area contributed by atoms with Crippen LogP contribution in [0.4, 0.5) is 0 Å². The molecule has 0 aliphatic rings. The van der Waals surface area contributed by atoms with Gasteiger partial charge in [0.05, 0.1) is 11.3 Å². The number of amides is 1. The first-order valence-electron chi connectivity index (χ1n) is 8.18. The molecule has 23 heavy (non-hydrogen) atoms. The maximum absolute atomic E-state index is 12.6. The fourth-order valence-electron chi connectivity index (χ4n) is 2.45. The molecule has 1 aromatic carbocycles. The number of carbonyl (C=O) groups is 1. The van der Waals surface area contributed by atoms with E-state index in [1.165, 1.54) is 11.8 Å². The highest BCUT2D eigenvalue weighted by atomic mass is 32.2. The largest absolute Gasteiger partial charge is 0.348 e. The summed E-state index contributed by atoms with van der Waals surface area (Å²) in [5.41, 5.74) is 1.16. The predicted octanol–water partition coefficient (Wildman–Crippen LogP) is 4.04. The van der Waals surface area contributed by atoms with Crippen molar-refractivity contribution in [3.05, 3.63) is 48.3 Å². The quantitative estimate of drug-likeness (QED) is 0.743. The second-order valence-electron chi connectivity index (χ2n) is 5.52. The van der Waals surface area contributed by atoms with Gasteiger partial charge in [0.15, 0.2) is 5.16 Å². The van der Waals surface area contributed by atoms with Gasteiger partial charge in [-0.15, -0.1) is 0 Å². The molecule has 124 valence electrons. The number of rotatable bonds is 8. The van der Waals surface area contributed by atoms with Crippen molar-refractivity contribution in [1.29, 1.82) is 0 Å². The lowest BCUT2D eigenvalue weighted by molar-refractivity contribution is -0.121. The molecule has 0 bridgehead atoms. The van der Waals surface area contributed by atoms with Crippen LogP contribution >= 0.6 is 11.8 Å². The van der Waals surface area contributed by atoms with Gasteiger partial charge in [-0.25, -0.2) is 4.98 Å². The number of aromatic nitrogens is 2. The van der Waals surface area contributed by atoms with Crippen LogP contribution < -0.4 is 5.32 Å². The molecule has 1 heterocycles. The molecule has 1 amide bonds. The highest BCUT2D eigenvalue weighted by Crippen LogP contribution is 2.24. The minimum Gasteiger partial charge on any atom is -0.348 e. The van der Waals surface area contributed by atoms with E-state index < -0.39 is 0 Å². The molecular weight excluding hydrogens is 306 g/mol. The van der Waals surface area contributed by atoms with Gasteiger partial charge in [0.25, 0.3) is 0 Å². The molecule has 1 aromatic heterocycles. The van der Waals surface area contributed by atoms with Crippen LogP contribution in [-0.4, -0.2) is 20.7 Å². The third kappa shape index (κ3) is 4.86.